The van der Waals surface area contributed by atoms with Gasteiger partial charge in [-0.25, -0.2) is 0 Å². The maximum absolute atomic E-state index is 11.2. The van der Waals surface area contributed by atoms with E-state index in [9.17, 15) is 9.59 Å². The Morgan fingerprint density at radius 1 is 1.06 bits per heavy atom. The molecule has 0 rings (SSSR count). The van der Waals surface area contributed by atoms with Crippen LogP contribution >= 0.6 is 25.3 Å². The molecule has 1 atom stereocenters. The number of rotatable bonds is 10. The number of hydrogen-bond acceptors (Lipinski definition) is 6. The lowest BCUT2D eigenvalue weighted by Crippen LogP contribution is -2.26. The van der Waals surface area contributed by atoms with Gasteiger partial charge in [-0.2, -0.15) is 25.3 Å². The molecule has 0 aromatic rings. The Bertz CT molecular complexity index is 246. The van der Waals surface area contributed by atoms with E-state index in [1.807, 2.05) is 0 Å². The third-order valence-electron chi connectivity index (χ3n) is 2.37. The molecule has 0 aliphatic heterocycles. The molecule has 0 aliphatic rings. The number of thiol groups is 2. The smallest absolute Gasteiger partial charge is 0.316 e. The zero-order chi connectivity index (χ0) is 13.8. The topological polar surface area (TPSA) is 52.6 Å². The highest BCUT2D eigenvalue weighted by atomic mass is 32.1. The summed E-state index contributed by atoms with van der Waals surface area (Å²) >= 11 is 7.66. The van der Waals surface area contributed by atoms with Crippen molar-refractivity contribution in [2.45, 2.75) is 45.1 Å². The highest BCUT2D eigenvalue weighted by molar-refractivity contribution is 7.81. The van der Waals surface area contributed by atoms with Gasteiger partial charge in [-0.15, -0.1) is 0 Å². The van der Waals surface area contributed by atoms with Crippen molar-refractivity contribution in [3.63, 3.8) is 0 Å². The molecule has 0 heterocycles. The molecule has 0 aliphatic carbocycles. The quantitative estimate of drug-likeness (QED) is 0.369. The molecule has 4 nitrogen and oxygen atoms in total. The molecule has 106 valence electrons. The maximum Gasteiger partial charge on any atom is 0.316 e. The first kappa shape index (κ1) is 17.6. The Labute approximate surface area is 120 Å². The van der Waals surface area contributed by atoms with Crippen molar-refractivity contribution < 1.29 is 19.1 Å². The van der Waals surface area contributed by atoms with Crippen molar-refractivity contribution in [2.24, 2.45) is 0 Å². The minimum Gasteiger partial charge on any atom is -0.461 e. The van der Waals surface area contributed by atoms with Crippen molar-refractivity contribution in [1.29, 1.82) is 0 Å². The Morgan fingerprint density at radius 3 is 2.28 bits per heavy atom. The normalized spacial score (nSPS) is 11.9. The zero-order valence-electron chi connectivity index (χ0n) is 10.8. The van der Waals surface area contributed by atoms with E-state index in [-0.39, 0.29) is 30.2 Å². The van der Waals surface area contributed by atoms with E-state index in [0.29, 0.717) is 6.42 Å². The summed E-state index contributed by atoms with van der Waals surface area (Å²) in [6, 6.07) is 0. The standard InChI is InChI=1S/C12H22O4S2/c1-2-3-4-5-6-10(16-12(14)9-18)7-15-11(13)8-17/h10,17-18H,2-9H2,1H3. The van der Waals surface area contributed by atoms with Crippen LogP contribution in [0.15, 0.2) is 0 Å². The number of esters is 2. The highest BCUT2D eigenvalue weighted by Crippen LogP contribution is 2.09. The second kappa shape index (κ2) is 11.7. The van der Waals surface area contributed by atoms with Crippen LogP contribution in [0.4, 0.5) is 0 Å². The lowest BCUT2D eigenvalue weighted by atomic mass is 10.1. The van der Waals surface area contributed by atoms with Gasteiger partial charge in [-0.3, -0.25) is 9.59 Å². The van der Waals surface area contributed by atoms with Crippen molar-refractivity contribution in [3.8, 4) is 0 Å². The Kier molecular flexibility index (Phi) is 11.5. The Hall–Kier alpha value is -0.360. The van der Waals surface area contributed by atoms with Gasteiger partial charge in [0.05, 0.1) is 11.5 Å². The molecule has 0 radical (unpaired) electrons. The van der Waals surface area contributed by atoms with E-state index >= 15 is 0 Å². The third kappa shape index (κ3) is 9.65. The molecule has 0 bridgehead atoms. The van der Waals surface area contributed by atoms with Gasteiger partial charge in [-0.05, 0) is 12.8 Å². The van der Waals surface area contributed by atoms with Crippen LogP contribution in [-0.2, 0) is 19.1 Å². The van der Waals surface area contributed by atoms with Gasteiger partial charge < -0.3 is 9.47 Å². The molecule has 0 aromatic carbocycles. The van der Waals surface area contributed by atoms with Gasteiger partial charge in [0.15, 0.2) is 0 Å². The average molecular weight is 294 g/mol. The van der Waals surface area contributed by atoms with E-state index in [1.165, 1.54) is 0 Å². The molecule has 0 N–H and O–H groups in total. The third-order valence-corrected chi connectivity index (χ3v) is 2.88. The Balaban J connectivity index is 3.99. The fourth-order valence-corrected chi connectivity index (χ4v) is 1.60. The highest BCUT2D eigenvalue weighted by Gasteiger charge is 2.15. The second-order valence-electron chi connectivity index (χ2n) is 3.96. The monoisotopic (exact) mass is 294 g/mol. The number of carbonyl (C=O) groups excluding carboxylic acids is 2. The predicted octanol–water partition coefficient (Wildman–Crippen LogP) is 2.27. The predicted molar refractivity (Wildman–Crippen MR) is 77.3 cm³/mol. The molecule has 6 heteroatoms. The summed E-state index contributed by atoms with van der Waals surface area (Å²) in [6.07, 6.45) is 4.69. The van der Waals surface area contributed by atoms with E-state index in [1.54, 1.807) is 0 Å². The molecule has 0 saturated heterocycles. The fraction of sp³-hybridized carbons (Fsp3) is 0.833. The zero-order valence-corrected chi connectivity index (χ0v) is 12.6. The second-order valence-corrected chi connectivity index (χ2v) is 4.59. The van der Waals surface area contributed by atoms with Crippen LogP contribution in [-0.4, -0.2) is 36.2 Å². The molecule has 18 heavy (non-hydrogen) atoms. The lowest BCUT2D eigenvalue weighted by molar-refractivity contribution is -0.156. The maximum atomic E-state index is 11.2. The molecule has 0 fully saturated rings. The van der Waals surface area contributed by atoms with Crippen LogP contribution in [0.1, 0.15) is 39.0 Å². The van der Waals surface area contributed by atoms with Crippen molar-refractivity contribution in [1.82, 2.24) is 0 Å². The van der Waals surface area contributed by atoms with Gasteiger partial charge in [-0.1, -0.05) is 26.2 Å². The van der Waals surface area contributed by atoms with Gasteiger partial charge in [0.2, 0.25) is 0 Å². The summed E-state index contributed by atoms with van der Waals surface area (Å²) in [4.78, 5) is 22.2. The van der Waals surface area contributed by atoms with Crippen LogP contribution in [0.25, 0.3) is 0 Å². The minimum atomic E-state index is -0.404. The number of carbonyl (C=O) groups is 2. The summed E-state index contributed by atoms with van der Waals surface area (Å²) in [6.45, 7) is 2.23. The van der Waals surface area contributed by atoms with Gasteiger partial charge in [0.1, 0.15) is 12.7 Å². The molecule has 0 amide bonds. The van der Waals surface area contributed by atoms with Crippen LogP contribution in [0.3, 0.4) is 0 Å². The number of hydrogen-bond donors (Lipinski definition) is 2. The van der Waals surface area contributed by atoms with E-state index in [2.05, 4.69) is 32.2 Å². The van der Waals surface area contributed by atoms with E-state index in [0.717, 1.165) is 25.7 Å². The molecular weight excluding hydrogens is 272 g/mol. The van der Waals surface area contributed by atoms with Gasteiger partial charge in [0, 0.05) is 0 Å². The molecule has 0 saturated carbocycles. The first-order valence-corrected chi connectivity index (χ1v) is 7.47. The first-order chi connectivity index (χ1) is 8.63. The largest absolute Gasteiger partial charge is 0.461 e. The van der Waals surface area contributed by atoms with Crippen molar-refractivity contribution >= 4 is 37.2 Å². The SMILES string of the molecule is CCCCCCC(COC(=O)CS)OC(=O)CS. The fourth-order valence-electron chi connectivity index (χ4n) is 1.43. The number of ether oxygens (including phenoxy) is 2. The summed E-state index contributed by atoms with van der Waals surface area (Å²) in [5, 5.41) is 0. The van der Waals surface area contributed by atoms with Crippen LogP contribution < -0.4 is 0 Å². The van der Waals surface area contributed by atoms with E-state index in [4.69, 9.17) is 9.47 Å². The van der Waals surface area contributed by atoms with E-state index < -0.39 is 5.97 Å². The minimum absolute atomic E-state index is 0.0308. The lowest BCUT2D eigenvalue weighted by Gasteiger charge is -2.17. The molecule has 1 unspecified atom stereocenters. The first-order valence-electron chi connectivity index (χ1n) is 6.20. The van der Waals surface area contributed by atoms with Crippen LogP contribution in [0.5, 0.6) is 0 Å². The van der Waals surface area contributed by atoms with Crippen LogP contribution in [0, 0.1) is 0 Å². The molecule has 0 aromatic heterocycles. The van der Waals surface area contributed by atoms with Crippen molar-refractivity contribution in [3.05, 3.63) is 0 Å². The summed E-state index contributed by atoms with van der Waals surface area (Å²) in [5.41, 5.74) is 0. The average Bonchev–Trinajstić information content (AvgIpc) is 2.39. The summed E-state index contributed by atoms with van der Waals surface area (Å²) in [5.74, 6) is -0.728. The molecule has 0 spiro atoms. The number of unbranched alkanes of at least 4 members (excludes halogenated alkanes) is 3. The summed E-state index contributed by atoms with van der Waals surface area (Å²) < 4.78 is 10.1. The summed E-state index contributed by atoms with van der Waals surface area (Å²) in [7, 11) is 0. The van der Waals surface area contributed by atoms with Gasteiger partial charge in [0.25, 0.3) is 0 Å². The van der Waals surface area contributed by atoms with Crippen LogP contribution in [0.2, 0.25) is 0 Å². The van der Waals surface area contributed by atoms with Gasteiger partial charge >= 0.3 is 11.9 Å². The van der Waals surface area contributed by atoms with Crippen molar-refractivity contribution in [2.75, 3.05) is 18.1 Å². The Morgan fingerprint density at radius 2 is 1.72 bits per heavy atom. The molecular formula is C12H22O4S2.